The third kappa shape index (κ3) is 8.04. The minimum absolute atomic E-state index is 0.127. The molecule has 4 aromatic rings. The summed E-state index contributed by atoms with van der Waals surface area (Å²) in [5.74, 6) is -0.409. The quantitative estimate of drug-likeness (QED) is 0.178. The minimum Gasteiger partial charge on any atom is -0.321 e. The van der Waals surface area contributed by atoms with Gasteiger partial charge in [-0.15, -0.1) is 23.1 Å². The van der Waals surface area contributed by atoms with Gasteiger partial charge in [-0.1, -0.05) is 35.9 Å². The van der Waals surface area contributed by atoms with Crippen molar-refractivity contribution < 1.29 is 14.4 Å². The molecule has 0 unspecified atom stereocenters. The van der Waals surface area contributed by atoms with E-state index >= 15 is 0 Å². The molecule has 0 spiro atoms. The Morgan fingerprint density at radius 1 is 0.919 bits per heavy atom. The number of amides is 3. The van der Waals surface area contributed by atoms with Gasteiger partial charge in [0.25, 0.3) is 11.8 Å². The predicted octanol–water partition coefficient (Wildman–Crippen LogP) is 5.94. The van der Waals surface area contributed by atoms with Gasteiger partial charge in [-0.2, -0.15) is 0 Å². The van der Waals surface area contributed by atoms with E-state index in [1.807, 2.05) is 23.6 Å². The number of benzene rings is 2. The van der Waals surface area contributed by atoms with Gasteiger partial charge in [0.05, 0.1) is 10.8 Å². The maximum absolute atomic E-state index is 13.0. The molecule has 2 aromatic heterocycles. The van der Waals surface area contributed by atoms with Gasteiger partial charge in [0.15, 0.2) is 0 Å². The molecule has 37 heavy (non-hydrogen) atoms. The summed E-state index contributed by atoms with van der Waals surface area (Å²) in [7, 11) is 0. The molecule has 2 aromatic carbocycles. The average Bonchev–Trinajstić information content (AvgIpc) is 3.43. The fourth-order valence-electron chi connectivity index (χ4n) is 3.07. The Bertz CT molecular complexity index is 1390. The highest BCUT2D eigenvalue weighted by Crippen LogP contribution is 2.21. The summed E-state index contributed by atoms with van der Waals surface area (Å²) in [6.07, 6.45) is 3.10. The van der Waals surface area contributed by atoms with Crippen LogP contribution in [0, 0.1) is 0 Å². The van der Waals surface area contributed by atoms with Crippen molar-refractivity contribution >= 4 is 70.0 Å². The number of pyridine rings is 1. The van der Waals surface area contributed by atoms with E-state index in [2.05, 4.69) is 20.9 Å². The van der Waals surface area contributed by atoms with E-state index in [-0.39, 0.29) is 23.3 Å². The Morgan fingerprint density at radius 2 is 1.70 bits per heavy atom. The maximum Gasteiger partial charge on any atom is 0.272 e. The number of carbonyl (C=O) groups excluding carboxylic acids is 3. The molecule has 0 fully saturated rings. The lowest BCUT2D eigenvalue weighted by atomic mass is 10.2. The first-order chi connectivity index (χ1) is 18.0. The lowest BCUT2D eigenvalue weighted by Gasteiger charge is -2.11. The van der Waals surface area contributed by atoms with Crippen LogP contribution in [0.1, 0.15) is 15.2 Å². The van der Waals surface area contributed by atoms with Gasteiger partial charge in [0.1, 0.15) is 11.5 Å². The zero-order valence-corrected chi connectivity index (χ0v) is 21.7. The summed E-state index contributed by atoms with van der Waals surface area (Å²) in [5.41, 5.74) is 1.13. The third-order valence-electron chi connectivity index (χ3n) is 4.84. The van der Waals surface area contributed by atoms with Crippen LogP contribution in [0.15, 0.2) is 101 Å². The van der Waals surface area contributed by atoms with Crippen molar-refractivity contribution in [1.82, 2.24) is 10.3 Å². The first kappa shape index (κ1) is 26.2. The summed E-state index contributed by atoms with van der Waals surface area (Å²) in [5, 5.41) is 10.6. The zero-order valence-electron chi connectivity index (χ0n) is 19.3. The van der Waals surface area contributed by atoms with Crippen LogP contribution >= 0.6 is 34.7 Å². The zero-order chi connectivity index (χ0) is 26.0. The average molecular weight is 549 g/mol. The molecule has 0 aliphatic carbocycles. The SMILES string of the molecule is O=C(CSc1ccc(NC(=O)/C(=C/c2cccs2)NC(=O)c2ccccc2)cc1)Nc1ccc(Cl)cn1. The van der Waals surface area contributed by atoms with E-state index < -0.39 is 5.91 Å². The van der Waals surface area contributed by atoms with Crippen molar-refractivity contribution in [1.29, 1.82) is 0 Å². The van der Waals surface area contributed by atoms with Gasteiger partial charge in [-0.3, -0.25) is 14.4 Å². The van der Waals surface area contributed by atoms with Crippen LogP contribution in [0.3, 0.4) is 0 Å². The van der Waals surface area contributed by atoms with Crippen molar-refractivity contribution in [2.24, 2.45) is 0 Å². The van der Waals surface area contributed by atoms with Crippen LogP contribution in [-0.2, 0) is 9.59 Å². The van der Waals surface area contributed by atoms with Crippen molar-refractivity contribution in [3.8, 4) is 0 Å². The Hall–Kier alpha value is -3.92. The minimum atomic E-state index is -0.451. The van der Waals surface area contributed by atoms with E-state index in [4.69, 9.17) is 11.6 Å². The first-order valence-electron chi connectivity index (χ1n) is 11.0. The number of hydrogen-bond acceptors (Lipinski definition) is 6. The van der Waals surface area contributed by atoms with Crippen LogP contribution in [-0.4, -0.2) is 28.5 Å². The van der Waals surface area contributed by atoms with Gasteiger partial charge >= 0.3 is 0 Å². The largest absolute Gasteiger partial charge is 0.321 e. The topological polar surface area (TPSA) is 100 Å². The third-order valence-corrected chi connectivity index (χ3v) is 6.89. The maximum atomic E-state index is 13.0. The Morgan fingerprint density at radius 3 is 2.38 bits per heavy atom. The van der Waals surface area contributed by atoms with E-state index in [1.165, 1.54) is 29.3 Å². The molecule has 10 heteroatoms. The van der Waals surface area contributed by atoms with Crippen LogP contribution in [0.25, 0.3) is 6.08 Å². The van der Waals surface area contributed by atoms with E-state index in [0.717, 1.165) is 9.77 Å². The second-order valence-corrected chi connectivity index (χ2v) is 10.0. The number of carbonyl (C=O) groups is 3. The lowest BCUT2D eigenvalue weighted by Crippen LogP contribution is -2.30. The second-order valence-electron chi connectivity index (χ2n) is 7.57. The molecule has 0 atom stereocenters. The van der Waals surface area contributed by atoms with Gasteiger partial charge in [-0.05, 0) is 66.1 Å². The normalized spacial score (nSPS) is 11.0. The number of hydrogen-bond donors (Lipinski definition) is 3. The van der Waals surface area contributed by atoms with Gasteiger partial charge in [0.2, 0.25) is 5.91 Å². The van der Waals surface area contributed by atoms with Crippen LogP contribution in [0.5, 0.6) is 0 Å². The molecule has 0 saturated carbocycles. The molecule has 3 amide bonds. The summed E-state index contributed by atoms with van der Waals surface area (Å²) in [4.78, 5) is 43.6. The molecule has 2 heterocycles. The number of aromatic nitrogens is 1. The summed E-state index contributed by atoms with van der Waals surface area (Å²) >= 11 is 8.61. The van der Waals surface area contributed by atoms with E-state index in [9.17, 15) is 14.4 Å². The molecule has 0 aliphatic rings. The van der Waals surface area contributed by atoms with Crippen LogP contribution in [0.2, 0.25) is 5.02 Å². The second kappa shape index (κ2) is 12.9. The number of rotatable bonds is 9. The Kier molecular flexibility index (Phi) is 9.09. The summed E-state index contributed by atoms with van der Waals surface area (Å²) in [6, 6.07) is 22.8. The molecule has 186 valence electrons. The molecule has 3 N–H and O–H groups in total. The standard InChI is InChI=1S/C27H21ClN4O3S2/c28-19-8-13-24(29-16-19)32-25(33)17-37-21-11-9-20(10-12-21)30-27(35)23(15-22-7-4-14-36-22)31-26(34)18-5-2-1-3-6-18/h1-16H,17H2,(H,30,35)(H,31,34)(H,29,32,33)/b23-15-. The van der Waals surface area contributed by atoms with Crippen LogP contribution in [0.4, 0.5) is 11.5 Å². The fourth-order valence-corrected chi connectivity index (χ4v) is 4.54. The van der Waals surface area contributed by atoms with Gasteiger partial charge in [0, 0.05) is 27.2 Å². The van der Waals surface area contributed by atoms with Gasteiger partial charge < -0.3 is 16.0 Å². The fraction of sp³-hybridized carbons (Fsp3) is 0.0370. The first-order valence-corrected chi connectivity index (χ1v) is 13.3. The Balaban J connectivity index is 1.36. The van der Waals surface area contributed by atoms with Gasteiger partial charge in [-0.25, -0.2) is 4.98 Å². The molecule has 0 saturated heterocycles. The summed E-state index contributed by atoms with van der Waals surface area (Å²) < 4.78 is 0. The number of thioether (sulfide) groups is 1. The smallest absolute Gasteiger partial charge is 0.272 e. The highest BCUT2D eigenvalue weighted by molar-refractivity contribution is 8.00. The van der Waals surface area contributed by atoms with Crippen molar-refractivity contribution in [3.63, 3.8) is 0 Å². The molecule has 0 radical (unpaired) electrons. The number of nitrogens with one attached hydrogen (secondary N) is 3. The molecular weight excluding hydrogens is 528 g/mol. The number of anilines is 2. The van der Waals surface area contributed by atoms with Crippen molar-refractivity contribution in [2.75, 3.05) is 16.4 Å². The molecule has 7 nitrogen and oxygen atoms in total. The number of halogens is 1. The highest BCUT2D eigenvalue weighted by atomic mass is 35.5. The highest BCUT2D eigenvalue weighted by Gasteiger charge is 2.15. The number of nitrogens with zero attached hydrogens (tertiary/aromatic N) is 1. The Labute approximate surface area is 227 Å². The molecule has 0 bridgehead atoms. The van der Waals surface area contributed by atoms with E-state index in [1.54, 1.807) is 66.7 Å². The van der Waals surface area contributed by atoms with E-state index in [0.29, 0.717) is 22.1 Å². The lowest BCUT2D eigenvalue weighted by molar-refractivity contribution is -0.114. The molecular formula is C27H21ClN4O3S2. The molecule has 4 rings (SSSR count). The predicted molar refractivity (Wildman–Crippen MR) is 150 cm³/mol. The van der Waals surface area contributed by atoms with Crippen molar-refractivity contribution in [3.05, 3.63) is 112 Å². The monoisotopic (exact) mass is 548 g/mol. The van der Waals surface area contributed by atoms with Crippen molar-refractivity contribution in [2.45, 2.75) is 4.90 Å². The number of thiophene rings is 1. The van der Waals surface area contributed by atoms with Crippen LogP contribution < -0.4 is 16.0 Å². The summed E-state index contributed by atoms with van der Waals surface area (Å²) in [6.45, 7) is 0. The molecule has 0 aliphatic heterocycles.